The SMILES string of the molecule is Cn1nc2nc(N3CCN(CC(=O)N4CCOCC4)CC3)nc(-c3ccc(C(F)(F)F)cc3)c2c1N. The molecular weight excluding hydrogens is 477 g/mol. The zero-order chi connectivity index (χ0) is 25.4. The number of carbonyl (C=O) groups excluding carboxylic acids is 1. The van der Waals surface area contributed by atoms with Crippen LogP contribution in [0.15, 0.2) is 24.3 Å². The number of ether oxygens (including phenoxy) is 1. The number of halogens is 3. The van der Waals surface area contributed by atoms with Gasteiger partial charge in [0, 0.05) is 51.9 Å². The normalized spacial score (nSPS) is 17.7. The number of carbonyl (C=O) groups is 1. The van der Waals surface area contributed by atoms with Crippen LogP contribution in [0.3, 0.4) is 0 Å². The highest BCUT2D eigenvalue weighted by atomic mass is 19.4. The van der Waals surface area contributed by atoms with Crippen LogP contribution in [-0.4, -0.2) is 94.5 Å². The van der Waals surface area contributed by atoms with Crippen LogP contribution in [-0.2, 0) is 22.8 Å². The van der Waals surface area contributed by atoms with Crippen molar-refractivity contribution in [2.75, 3.05) is 69.7 Å². The minimum atomic E-state index is -4.43. The van der Waals surface area contributed by atoms with Crippen molar-refractivity contribution in [3.63, 3.8) is 0 Å². The first-order valence-corrected chi connectivity index (χ1v) is 11.7. The molecule has 1 amide bonds. The Labute approximate surface area is 205 Å². The summed E-state index contributed by atoms with van der Waals surface area (Å²) in [6, 6.07) is 4.82. The van der Waals surface area contributed by atoms with Crippen LogP contribution in [0.1, 0.15) is 5.56 Å². The molecule has 2 fully saturated rings. The van der Waals surface area contributed by atoms with Gasteiger partial charge in [-0.1, -0.05) is 12.1 Å². The van der Waals surface area contributed by atoms with Gasteiger partial charge in [0.1, 0.15) is 5.82 Å². The molecule has 2 saturated heterocycles. The number of hydrogen-bond donors (Lipinski definition) is 1. The Morgan fingerprint density at radius 1 is 1.03 bits per heavy atom. The second-order valence-electron chi connectivity index (χ2n) is 8.91. The molecule has 1 aromatic carbocycles. The van der Waals surface area contributed by atoms with Gasteiger partial charge < -0.3 is 20.3 Å². The van der Waals surface area contributed by atoms with Gasteiger partial charge in [-0.3, -0.25) is 14.4 Å². The minimum Gasteiger partial charge on any atom is -0.383 e. The number of anilines is 2. The fraction of sp³-hybridized carbons (Fsp3) is 0.478. The Kier molecular flexibility index (Phi) is 6.43. The number of rotatable bonds is 4. The minimum absolute atomic E-state index is 0.0953. The summed E-state index contributed by atoms with van der Waals surface area (Å²) in [5, 5.41) is 4.88. The van der Waals surface area contributed by atoms with Crippen LogP contribution in [0.25, 0.3) is 22.3 Å². The monoisotopic (exact) mass is 504 g/mol. The molecular formula is C23H27F3N8O2. The van der Waals surface area contributed by atoms with E-state index < -0.39 is 11.7 Å². The smallest absolute Gasteiger partial charge is 0.383 e. The van der Waals surface area contributed by atoms with Crippen molar-refractivity contribution in [2.24, 2.45) is 7.05 Å². The number of nitrogens with zero attached hydrogens (tertiary/aromatic N) is 7. The summed E-state index contributed by atoms with van der Waals surface area (Å²) in [7, 11) is 1.68. The van der Waals surface area contributed by atoms with Crippen LogP contribution >= 0.6 is 0 Å². The molecule has 0 unspecified atom stereocenters. The van der Waals surface area contributed by atoms with Crippen molar-refractivity contribution in [1.82, 2.24) is 29.5 Å². The molecule has 3 aromatic rings. The van der Waals surface area contributed by atoms with E-state index in [2.05, 4.69) is 15.0 Å². The van der Waals surface area contributed by atoms with Crippen molar-refractivity contribution in [3.8, 4) is 11.3 Å². The summed E-state index contributed by atoms with van der Waals surface area (Å²) in [5.41, 5.74) is 6.77. The van der Waals surface area contributed by atoms with Crippen LogP contribution < -0.4 is 10.6 Å². The first-order valence-electron chi connectivity index (χ1n) is 11.7. The number of amides is 1. The predicted octanol–water partition coefficient (Wildman–Crippen LogP) is 1.61. The van der Waals surface area contributed by atoms with E-state index >= 15 is 0 Å². The molecule has 0 radical (unpaired) electrons. The molecule has 0 saturated carbocycles. The highest BCUT2D eigenvalue weighted by molar-refractivity contribution is 5.98. The zero-order valence-corrected chi connectivity index (χ0v) is 19.8. The third-order valence-corrected chi connectivity index (χ3v) is 6.59. The molecule has 0 aliphatic carbocycles. The van der Waals surface area contributed by atoms with Crippen LogP contribution in [0, 0.1) is 0 Å². The molecule has 2 aliphatic heterocycles. The van der Waals surface area contributed by atoms with Gasteiger partial charge in [0.25, 0.3) is 0 Å². The maximum absolute atomic E-state index is 13.1. The van der Waals surface area contributed by atoms with E-state index in [1.165, 1.54) is 16.8 Å². The Morgan fingerprint density at radius 2 is 1.69 bits per heavy atom. The molecule has 5 rings (SSSR count). The Hall–Kier alpha value is -3.45. The van der Waals surface area contributed by atoms with Crippen molar-refractivity contribution in [1.29, 1.82) is 0 Å². The molecule has 0 spiro atoms. The van der Waals surface area contributed by atoms with Crippen LogP contribution in [0.5, 0.6) is 0 Å². The van der Waals surface area contributed by atoms with Gasteiger partial charge >= 0.3 is 6.18 Å². The lowest BCUT2D eigenvalue weighted by Crippen LogP contribution is -2.51. The largest absolute Gasteiger partial charge is 0.416 e. The number of benzene rings is 1. The summed E-state index contributed by atoms with van der Waals surface area (Å²) >= 11 is 0. The third kappa shape index (κ3) is 4.80. The van der Waals surface area contributed by atoms with Crippen molar-refractivity contribution in [3.05, 3.63) is 29.8 Å². The molecule has 2 aliphatic rings. The summed E-state index contributed by atoms with van der Waals surface area (Å²) in [6.07, 6.45) is -4.43. The zero-order valence-electron chi connectivity index (χ0n) is 19.8. The van der Waals surface area contributed by atoms with E-state index in [0.29, 0.717) is 93.1 Å². The van der Waals surface area contributed by atoms with Gasteiger partial charge in [-0.25, -0.2) is 4.98 Å². The summed E-state index contributed by atoms with van der Waals surface area (Å²) < 4.78 is 46.0. The predicted molar refractivity (Wildman–Crippen MR) is 127 cm³/mol. The number of nitrogens with two attached hydrogens (primary N) is 1. The number of morpholine rings is 1. The van der Waals surface area contributed by atoms with Gasteiger partial charge in [0.05, 0.1) is 36.4 Å². The molecule has 36 heavy (non-hydrogen) atoms. The first kappa shape index (κ1) is 24.3. The molecule has 2 aromatic heterocycles. The Bertz CT molecular complexity index is 1250. The number of aromatic nitrogens is 4. The fourth-order valence-corrected chi connectivity index (χ4v) is 4.48. The Morgan fingerprint density at radius 3 is 2.33 bits per heavy atom. The standard InChI is InChI=1S/C23H27F3N8O2/c1-31-20(27)18-19(15-2-4-16(5-3-15)23(24,25)26)28-22(29-21(18)30-31)34-8-6-32(7-9-34)14-17(35)33-10-12-36-13-11-33/h2-5H,6-14,27H2,1H3. The highest BCUT2D eigenvalue weighted by Crippen LogP contribution is 2.34. The Balaban J connectivity index is 1.37. The van der Waals surface area contributed by atoms with Crippen molar-refractivity contribution >= 4 is 28.7 Å². The molecule has 0 atom stereocenters. The molecule has 192 valence electrons. The average molecular weight is 505 g/mol. The second kappa shape index (κ2) is 9.54. The number of aryl methyl sites for hydroxylation is 1. The number of hydrogen-bond acceptors (Lipinski definition) is 8. The van der Waals surface area contributed by atoms with Crippen molar-refractivity contribution < 1.29 is 22.7 Å². The van der Waals surface area contributed by atoms with Gasteiger partial charge in [-0.15, -0.1) is 0 Å². The van der Waals surface area contributed by atoms with Crippen LogP contribution in [0.2, 0.25) is 0 Å². The topological polar surface area (TPSA) is 106 Å². The van der Waals surface area contributed by atoms with Gasteiger partial charge in [0.15, 0.2) is 5.65 Å². The fourth-order valence-electron chi connectivity index (χ4n) is 4.48. The maximum atomic E-state index is 13.1. The lowest BCUT2D eigenvalue weighted by molar-refractivity contribution is -0.138. The molecule has 2 N–H and O–H groups in total. The molecule has 13 heteroatoms. The van der Waals surface area contributed by atoms with E-state index in [4.69, 9.17) is 15.5 Å². The number of piperazine rings is 1. The summed E-state index contributed by atoms with van der Waals surface area (Å²) in [6.45, 7) is 5.21. The third-order valence-electron chi connectivity index (χ3n) is 6.59. The quantitative estimate of drug-likeness (QED) is 0.572. The number of nitrogen functional groups attached to an aromatic ring is 1. The lowest BCUT2D eigenvalue weighted by atomic mass is 10.1. The highest BCUT2D eigenvalue weighted by Gasteiger charge is 2.31. The molecule has 4 heterocycles. The van der Waals surface area contributed by atoms with E-state index in [1.807, 2.05) is 9.80 Å². The van der Waals surface area contributed by atoms with Gasteiger partial charge in [0.2, 0.25) is 11.9 Å². The molecule has 0 bridgehead atoms. The van der Waals surface area contributed by atoms with E-state index in [0.717, 1.165) is 12.1 Å². The van der Waals surface area contributed by atoms with E-state index in [1.54, 1.807) is 7.05 Å². The van der Waals surface area contributed by atoms with Gasteiger partial charge in [-0.2, -0.15) is 23.3 Å². The maximum Gasteiger partial charge on any atom is 0.416 e. The molecule has 10 nitrogen and oxygen atoms in total. The van der Waals surface area contributed by atoms with E-state index in [-0.39, 0.29) is 5.91 Å². The van der Waals surface area contributed by atoms with E-state index in [9.17, 15) is 18.0 Å². The number of fused-ring (bicyclic) bond motifs is 1. The van der Waals surface area contributed by atoms with Crippen molar-refractivity contribution in [2.45, 2.75) is 6.18 Å². The summed E-state index contributed by atoms with van der Waals surface area (Å²) in [5.74, 6) is 0.852. The second-order valence-corrected chi connectivity index (χ2v) is 8.91. The van der Waals surface area contributed by atoms with Crippen LogP contribution in [0.4, 0.5) is 24.9 Å². The average Bonchev–Trinajstić information content (AvgIpc) is 3.17. The summed E-state index contributed by atoms with van der Waals surface area (Å²) in [4.78, 5) is 27.8. The lowest BCUT2D eigenvalue weighted by Gasteiger charge is -2.36. The first-order chi connectivity index (χ1) is 17.2. The number of alkyl halides is 3. The van der Waals surface area contributed by atoms with Gasteiger partial charge in [-0.05, 0) is 12.1 Å².